The standard InChI is InChI=1S/C33H66O6P2/c1-3-5-7-9-11-13-15-17-19-21-23-25-27-34-40-36-29-33(30-37-40)31-38-41(39-32-33)35-28-26-24-22-20-18-16-14-12-10-8-6-4-2/h3-32H2,1-2H3. The lowest BCUT2D eigenvalue weighted by atomic mass is 9.93. The average molecular weight is 621 g/mol. The van der Waals surface area contributed by atoms with E-state index in [9.17, 15) is 0 Å². The van der Waals surface area contributed by atoms with Crippen molar-refractivity contribution in [3.8, 4) is 0 Å². The average Bonchev–Trinajstić information content (AvgIpc) is 3.00. The van der Waals surface area contributed by atoms with E-state index in [1.807, 2.05) is 0 Å². The van der Waals surface area contributed by atoms with Crippen LogP contribution in [0.25, 0.3) is 0 Å². The molecule has 1 spiro atoms. The molecule has 0 radical (unpaired) electrons. The van der Waals surface area contributed by atoms with E-state index in [0.29, 0.717) is 26.4 Å². The third kappa shape index (κ3) is 20.3. The fourth-order valence-electron chi connectivity index (χ4n) is 5.40. The van der Waals surface area contributed by atoms with E-state index in [1.165, 1.54) is 141 Å². The maximum atomic E-state index is 5.92. The van der Waals surface area contributed by atoms with Crippen molar-refractivity contribution in [2.75, 3.05) is 39.6 Å². The first-order chi connectivity index (χ1) is 20.3. The van der Waals surface area contributed by atoms with Crippen LogP contribution in [0.5, 0.6) is 0 Å². The highest BCUT2D eigenvalue weighted by Crippen LogP contribution is 2.53. The monoisotopic (exact) mass is 620 g/mol. The van der Waals surface area contributed by atoms with Gasteiger partial charge in [-0.05, 0) is 12.8 Å². The zero-order valence-electron chi connectivity index (χ0n) is 27.1. The van der Waals surface area contributed by atoms with Crippen molar-refractivity contribution in [2.24, 2.45) is 5.41 Å². The zero-order valence-corrected chi connectivity index (χ0v) is 28.8. The van der Waals surface area contributed by atoms with E-state index in [0.717, 1.165) is 26.1 Å². The van der Waals surface area contributed by atoms with Gasteiger partial charge in [0.1, 0.15) is 0 Å². The largest absolute Gasteiger partial charge is 0.332 e. The first-order valence-corrected chi connectivity index (χ1v) is 19.8. The van der Waals surface area contributed by atoms with Gasteiger partial charge in [-0.15, -0.1) is 0 Å². The van der Waals surface area contributed by atoms with Crippen molar-refractivity contribution in [2.45, 2.75) is 168 Å². The van der Waals surface area contributed by atoms with Crippen LogP contribution in [0.1, 0.15) is 168 Å². The zero-order chi connectivity index (χ0) is 29.1. The lowest BCUT2D eigenvalue weighted by Gasteiger charge is -2.41. The predicted octanol–water partition coefficient (Wildman–Crippen LogP) is 12.0. The lowest BCUT2D eigenvalue weighted by molar-refractivity contribution is -0.0761. The highest BCUT2D eigenvalue weighted by Gasteiger charge is 2.43. The summed E-state index contributed by atoms with van der Waals surface area (Å²) in [5.74, 6) is 0. The summed E-state index contributed by atoms with van der Waals surface area (Å²) in [5, 5.41) is 0. The van der Waals surface area contributed by atoms with Crippen molar-refractivity contribution in [3.63, 3.8) is 0 Å². The maximum Gasteiger partial charge on any atom is 0.332 e. The van der Waals surface area contributed by atoms with Crippen molar-refractivity contribution in [1.82, 2.24) is 0 Å². The number of hydrogen-bond donors (Lipinski definition) is 0. The van der Waals surface area contributed by atoms with Crippen LogP contribution in [0.2, 0.25) is 0 Å². The third-order valence-corrected chi connectivity index (χ3v) is 10.4. The normalized spacial score (nSPS) is 23.0. The van der Waals surface area contributed by atoms with Crippen LogP contribution in [0.15, 0.2) is 0 Å². The molecular formula is C33H66O6P2. The SMILES string of the molecule is CCCCCCCCCCCCCCOP1OCC2(CO1)COP(OCCCCCCCCCCCCCC)OC2. The Morgan fingerprint density at radius 1 is 0.390 bits per heavy atom. The molecule has 41 heavy (non-hydrogen) atoms. The van der Waals surface area contributed by atoms with Gasteiger partial charge in [0.2, 0.25) is 0 Å². The first-order valence-electron chi connectivity index (χ1n) is 17.7. The van der Waals surface area contributed by atoms with Gasteiger partial charge in [-0.2, -0.15) is 0 Å². The van der Waals surface area contributed by atoms with E-state index in [2.05, 4.69) is 13.8 Å². The summed E-state index contributed by atoms with van der Waals surface area (Å²) in [6.07, 6.45) is 32.4. The number of unbranched alkanes of at least 4 members (excludes halogenated alkanes) is 22. The number of hydrogen-bond acceptors (Lipinski definition) is 6. The van der Waals surface area contributed by atoms with Gasteiger partial charge in [0.25, 0.3) is 0 Å². The van der Waals surface area contributed by atoms with Gasteiger partial charge < -0.3 is 27.1 Å². The Kier molecular flexibility index (Phi) is 24.9. The molecule has 2 fully saturated rings. The molecule has 2 aliphatic rings. The molecule has 244 valence electrons. The molecule has 0 bridgehead atoms. The Labute approximate surface area is 257 Å². The summed E-state index contributed by atoms with van der Waals surface area (Å²) in [4.78, 5) is 0. The summed E-state index contributed by atoms with van der Waals surface area (Å²) < 4.78 is 35.4. The van der Waals surface area contributed by atoms with E-state index >= 15 is 0 Å². The van der Waals surface area contributed by atoms with Gasteiger partial charge in [-0.1, -0.05) is 155 Å². The molecule has 0 atom stereocenters. The highest BCUT2D eigenvalue weighted by molar-refractivity contribution is 7.42. The summed E-state index contributed by atoms with van der Waals surface area (Å²) in [6, 6.07) is 0. The second-order valence-electron chi connectivity index (χ2n) is 12.5. The third-order valence-electron chi connectivity index (χ3n) is 8.29. The molecule has 0 aromatic carbocycles. The van der Waals surface area contributed by atoms with Gasteiger partial charge in [0, 0.05) is 0 Å². The Bertz CT molecular complexity index is 502. The van der Waals surface area contributed by atoms with Crippen LogP contribution >= 0.6 is 17.2 Å². The molecule has 6 nitrogen and oxygen atoms in total. The topological polar surface area (TPSA) is 55.4 Å². The molecule has 8 heteroatoms. The van der Waals surface area contributed by atoms with E-state index in [4.69, 9.17) is 27.1 Å². The van der Waals surface area contributed by atoms with Crippen molar-refractivity contribution >= 4 is 17.2 Å². The Morgan fingerprint density at radius 2 is 0.634 bits per heavy atom. The van der Waals surface area contributed by atoms with Crippen LogP contribution in [-0.4, -0.2) is 39.6 Å². The van der Waals surface area contributed by atoms with E-state index < -0.39 is 17.2 Å². The van der Waals surface area contributed by atoms with Gasteiger partial charge in [-0.25, -0.2) is 0 Å². The van der Waals surface area contributed by atoms with Crippen LogP contribution < -0.4 is 0 Å². The summed E-state index contributed by atoms with van der Waals surface area (Å²) in [6.45, 7) is 8.29. The summed E-state index contributed by atoms with van der Waals surface area (Å²) >= 11 is 0. The summed E-state index contributed by atoms with van der Waals surface area (Å²) in [7, 11) is -2.47. The molecule has 2 aliphatic heterocycles. The van der Waals surface area contributed by atoms with Crippen molar-refractivity contribution < 1.29 is 27.1 Å². The quantitative estimate of drug-likeness (QED) is 0.0641. The molecular weight excluding hydrogens is 554 g/mol. The molecule has 0 unspecified atom stereocenters. The second-order valence-corrected chi connectivity index (χ2v) is 14.9. The molecule has 2 saturated heterocycles. The maximum absolute atomic E-state index is 5.92. The van der Waals surface area contributed by atoms with Crippen molar-refractivity contribution in [1.29, 1.82) is 0 Å². The molecule has 0 saturated carbocycles. The second kappa shape index (κ2) is 27.0. The minimum Gasteiger partial charge on any atom is -0.312 e. The van der Waals surface area contributed by atoms with Crippen LogP contribution in [-0.2, 0) is 27.1 Å². The number of rotatable bonds is 28. The fourth-order valence-corrected chi connectivity index (χ4v) is 7.92. The van der Waals surface area contributed by atoms with Crippen LogP contribution in [0.4, 0.5) is 0 Å². The molecule has 0 amide bonds. The summed E-state index contributed by atoms with van der Waals surface area (Å²) in [5.41, 5.74) is -0.226. The first kappa shape index (κ1) is 37.8. The van der Waals surface area contributed by atoms with Crippen LogP contribution in [0, 0.1) is 5.41 Å². The molecule has 2 rings (SSSR count). The molecule has 0 aliphatic carbocycles. The van der Waals surface area contributed by atoms with Gasteiger partial charge in [0.05, 0.1) is 45.1 Å². The Balaban J connectivity index is 1.33. The highest BCUT2D eigenvalue weighted by atomic mass is 31.2. The minimum atomic E-state index is -1.23. The molecule has 0 aromatic heterocycles. The van der Waals surface area contributed by atoms with Gasteiger partial charge in [-0.3, -0.25) is 0 Å². The Morgan fingerprint density at radius 3 is 0.902 bits per heavy atom. The fraction of sp³-hybridized carbons (Fsp3) is 1.00. The minimum absolute atomic E-state index is 0.226. The molecule has 2 heterocycles. The van der Waals surface area contributed by atoms with E-state index in [-0.39, 0.29) is 5.41 Å². The molecule has 0 N–H and O–H groups in total. The van der Waals surface area contributed by atoms with Gasteiger partial charge >= 0.3 is 17.2 Å². The van der Waals surface area contributed by atoms with Crippen LogP contribution in [0.3, 0.4) is 0 Å². The van der Waals surface area contributed by atoms with Crippen molar-refractivity contribution in [3.05, 3.63) is 0 Å². The smallest absolute Gasteiger partial charge is 0.312 e. The molecule has 0 aromatic rings. The van der Waals surface area contributed by atoms with E-state index in [1.54, 1.807) is 0 Å². The lowest BCUT2D eigenvalue weighted by Crippen LogP contribution is -2.44. The predicted molar refractivity (Wildman–Crippen MR) is 174 cm³/mol. The Hall–Kier alpha value is 0.620. The van der Waals surface area contributed by atoms with Gasteiger partial charge in [0.15, 0.2) is 0 Å².